The predicted molar refractivity (Wildman–Crippen MR) is 227 cm³/mol. The van der Waals surface area contributed by atoms with Crippen molar-refractivity contribution in [1.82, 2.24) is 4.90 Å². The summed E-state index contributed by atoms with van der Waals surface area (Å²) in [5, 5.41) is 21.3. The molecule has 0 bridgehead atoms. The third kappa shape index (κ3) is 17.4. The monoisotopic (exact) mass is 824 g/mol. The molecule has 3 aromatic rings. The third-order valence-electron chi connectivity index (χ3n) is 8.92. The molecule has 0 fully saturated rings. The van der Waals surface area contributed by atoms with Crippen molar-refractivity contribution in [3.63, 3.8) is 0 Å². The van der Waals surface area contributed by atoms with Crippen LogP contribution in [-0.2, 0) is 41.0 Å². The predicted octanol–water partition coefficient (Wildman–Crippen LogP) is 9.34. The number of hydrogen-bond donors (Lipinski definition) is 3. The first-order valence-electron chi connectivity index (χ1n) is 19.7. The summed E-state index contributed by atoms with van der Waals surface area (Å²) >= 11 is 12.1. The van der Waals surface area contributed by atoms with Gasteiger partial charge < -0.3 is 43.0 Å². The highest BCUT2D eigenvalue weighted by atomic mass is 35.5. The minimum absolute atomic E-state index is 0.170. The van der Waals surface area contributed by atoms with Crippen LogP contribution in [0, 0.1) is 0 Å². The Morgan fingerprint density at radius 1 is 0.574 bits per heavy atom. The number of halogens is 2. The maximum Gasteiger partial charge on any atom is 0.500 e. The Labute approximate surface area is 337 Å². The molecule has 0 saturated heterocycles. The van der Waals surface area contributed by atoms with Crippen LogP contribution in [0.2, 0.25) is 22.1 Å². The van der Waals surface area contributed by atoms with Gasteiger partial charge in [-0.05, 0) is 134 Å². The van der Waals surface area contributed by atoms with Gasteiger partial charge in [0.05, 0.1) is 10.0 Å². The molecule has 304 valence electrons. The molecule has 0 radical (unpaired) electrons. The number of benzene rings is 3. The van der Waals surface area contributed by atoms with Gasteiger partial charge in [-0.1, -0.05) is 77.8 Å². The molecule has 0 saturated carbocycles. The van der Waals surface area contributed by atoms with Crippen molar-refractivity contribution in [3.05, 3.63) is 93.5 Å². The highest BCUT2D eigenvalue weighted by Crippen LogP contribution is 2.29. The van der Waals surface area contributed by atoms with Gasteiger partial charge in [-0.15, -0.1) is 0 Å². The van der Waals surface area contributed by atoms with E-state index in [0.29, 0.717) is 49.6 Å². The van der Waals surface area contributed by atoms with Crippen LogP contribution in [0.3, 0.4) is 0 Å². The average Bonchev–Trinajstić information content (AvgIpc) is 3.15. The van der Waals surface area contributed by atoms with Gasteiger partial charge in [0, 0.05) is 45.1 Å². The van der Waals surface area contributed by atoms with Gasteiger partial charge in [0.1, 0.15) is 11.5 Å². The lowest BCUT2D eigenvalue weighted by molar-refractivity contribution is 0.0698. The summed E-state index contributed by atoms with van der Waals surface area (Å²) in [5.41, 5.74) is 8.65. The molecule has 9 nitrogen and oxygen atoms in total. The van der Waals surface area contributed by atoms with Gasteiger partial charge in [0.2, 0.25) is 0 Å². The summed E-state index contributed by atoms with van der Waals surface area (Å²) in [5.74, 6) is 0.339. The van der Waals surface area contributed by atoms with E-state index in [1.54, 1.807) is 12.1 Å². The third-order valence-corrected chi connectivity index (χ3v) is 16.4. The first-order valence-corrected chi connectivity index (χ1v) is 24.6. The molecule has 4 N–H and O–H groups in total. The molecule has 0 spiro atoms. The van der Waals surface area contributed by atoms with Crippen LogP contribution in [0.25, 0.3) is 0 Å². The number of aryl methyl sites for hydroxylation is 2. The number of para-hydroxylation sites is 2. The summed E-state index contributed by atoms with van der Waals surface area (Å²) in [6.45, 7) is 16.5. The standard InChI is InChI=1S/C27H41Cl2NO5Si.C14H25NO2Si/c1-4-33-36(34-5-2,35-6-3)21-11-20-30(18-9-14-22-12-7-16-24(28)26(22)31)19-10-15-23-13-8-17-25(29)27(23)32;1-3-16-18(17-4-2,12-8-11-15)13-14-9-6-5-7-10-14/h7-8,12-13,16-17,31-32H,4-6,9-11,14-15,18-21H2,1-3H3;5-7,9-10H,3-4,8,11-13,15H2,1-2H3. The van der Waals surface area contributed by atoms with Gasteiger partial charge in [0.25, 0.3) is 0 Å². The molecule has 0 aliphatic heterocycles. The Kier molecular flexibility index (Phi) is 24.6. The van der Waals surface area contributed by atoms with Gasteiger partial charge in [-0.25, -0.2) is 0 Å². The Bertz CT molecular complexity index is 1350. The van der Waals surface area contributed by atoms with E-state index in [1.807, 2.05) is 65.0 Å². The average molecular weight is 826 g/mol. The number of rotatable bonds is 27. The quantitative estimate of drug-likeness (QED) is 0.0647. The number of phenols is 2. The number of hydrogen-bond acceptors (Lipinski definition) is 9. The van der Waals surface area contributed by atoms with Crippen molar-refractivity contribution in [1.29, 1.82) is 0 Å². The molecule has 13 heteroatoms. The van der Waals surface area contributed by atoms with Crippen LogP contribution in [0.1, 0.15) is 77.0 Å². The fourth-order valence-electron chi connectivity index (χ4n) is 6.55. The summed E-state index contributed by atoms with van der Waals surface area (Å²) < 4.78 is 30.1. The minimum atomic E-state index is -2.68. The van der Waals surface area contributed by atoms with E-state index < -0.39 is 17.4 Å². The molecular formula is C41H66Cl2N2O7Si2. The zero-order valence-corrected chi connectivity index (χ0v) is 36.8. The maximum atomic E-state index is 10.2. The first-order chi connectivity index (χ1) is 26.1. The van der Waals surface area contributed by atoms with Gasteiger partial charge in [-0.3, -0.25) is 0 Å². The van der Waals surface area contributed by atoms with E-state index in [2.05, 4.69) is 29.2 Å². The van der Waals surface area contributed by atoms with Crippen molar-refractivity contribution < 1.29 is 32.3 Å². The maximum absolute atomic E-state index is 10.2. The first kappa shape index (κ1) is 48.1. The smallest absolute Gasteiger partial charge is 0.500 e. The summed E-state index contributed by atoms with van der Waals surface area (Å²) in [6.07, 6.45) is 5.14. The lowest BCUT2D eigenvalue weighted by Gasteiger charge is -2.30. The second kappa shape index (κ2) is 27.6. The van der Waals surface area contributed by atoms with Crippen LogP contribution in [0.4, 0.5) is 0 Å². The van der Waals surface area contributed by atoms with Gasteiger partial charge in [-0.2, -0.15) is 0 Å². The topological polar surface area (TPSA) is 116 Å². The summed E-state index contributed by atoms with van der Waals surface area (Å²) in [6, 6.07) is 24.1. The molecule has 0 aliphatic carbocycles. The summed E-state index contributed by atoms with van der Waals surface area (Å²) in [4.78, 5) is 2.42. The summed E-state index contributed by atoms with van der Waals surface area (Å²) in [7, 11) is -4.82. The van der Waals surface area contributed by atoms with Crippen molar-refractivity contribution in [2.24, 2.45) is 5.73 Å². The number of phenolic OH excluding ortho intramolecular Hbond substituents is 2. The Balaban J connectivity index is 0.000000469. The molecular weight excluding hydrogens is 760 g/mol. The van der Waals surface area contributed by atoms with Crippen LogP contribution in [0.15, 0.2) is 66.7 Å². The fourth-order valence-corrected chi connectivity index (χ4v) is 12.9. The van der Waals surface area contributed by atoms with Gasteiger partial charge >= 0.3 is 17.4 Å². The van der Waals surface area contributed by atoms with E-state index in [1.165, 1.54) is 5.56 Å². The Morgan fingerprint density at radius 3 is 1.48 bits per heavy atom. The van der Waals surface area contributed by atoms with E-state index in [0.717, 1.165) is 87.4 Å². The van der Waals surface area contributed by atoms with Crippen molar-refractivity contribution in [2.75, 3.05) is 59.2 Å². The number of nitrogens with zero attached hydrogens (tertiary/aromatic N) is 1. The Morgan fingerprint density at radius 2 is 1.04 bits per heavy atom. The molecule has 54 heavy (non-hydrogen) atoms. The van der Waals surface area contributed by atoms with Gasteiger partial charge in [0.15, 0.2) is 0 Å². The zero-order chi connectivity index (χ0) is 39.7. The van der Waals surface area contributed by atoms with Crippen molar-refractivity contribution in [2.45, 2.75) is 91.3 Å². The van der Waals surface area contributed by atoms with Crippen LogP contribution in [-0.4, -0.2) is 91.7 Å². The normalized spacial score (nSPS) is 11.9. The SMILES string of the molecule is CCO[Si](CCCN(CCCc1cccc(Cl)c1O)CCCc1cccc(Cl)c1O)(OCC)OCC.CCO[Si](CCCN)(Cc1ccccc1)OCC. The van der Waals surface area contributed by atoms with E-state index in [9.17, 15) is 10.2 Å². The number of aromatic hydroxyl groups is 2. The van der Waals surface area contributed by atoms with E-state index in [4.69, 9.17) is 51.1 Å². The Hall–Kier alpha value is -2.01. The van der Waals surface area contributed by atoms with Crippen LogP contribution >= 0.6 is 23.2 Å². The molecule has 3 aromatic carbocycles. The lowest BCUT2D eigenvalue weighted by Crippen LogP contribution is -2.46. The second-order valence-corrected chi connectivity index (χ2v) is 19.8. The molecule has 0 amide bonds. The van der Waals surface area contributed by atoms with Crippen molar-refractivity contribution >= 4 is 40.6 Å². The second-order valence-electron chi connectivity index (χ2n) is 13.0. The zero-order valence-electron chi connectivity index (χ0n) is 33.3. The minimum Gasteiger partial charge on any atom is -0.506 e. The largest absolute Gasteiger partial charge is 0.506 e. The van der Waals surface area contributed by atoms with Crippen LogP contribution in [0.5, 0.6) is 11.5 Å². The molecule has 3 rings (SSSR count). The van der Waals surface area contributed by atoms with E-state index >= 15 is 0 Å². The molecule has 0 atom stereocenters. The highest BCUT2D eigenvalue weighted by Gasteiger charge is 2.40. The lowest BCUT2D eigenvalue weighted by atomic mass is 10.1. The molecule has 0 heterocycles. The molecule has 0 aromatic heterocycles. The molecule has 0 aliphatic rings. The van der Waals surface area contributed by atoms with Crippen LogP contribution < -0.4 is 5.73 Å². The van der Waals surface area contributed by atoms with Crippen molar-refractivity contribution in [3.8, 4) is 11.5 Å². The highest BCUT2D eigenvalue weighted by molar-refractivity contribution is 6.67. The fraction of sp³-hybridized carbons (Fsp3) is 0.561. The molecule has 0 unspecified atom stereocenters. The number of nitrogens with two attached hydrogens (primary N) is 1. The van der Waals surface area contributed by atoms with E-state index in [-0.39, 0.29) is 11.5 Å².